The van der Waals surface area contributed by atoms with Crippen molar-refractivity contribution in [1.82, 2.24) is 14.3 Å². The lowest BCUT2D eigenvalue weighted by molar-refractivity contribution is 0.197. The number of hydrogen-bond donors (Lipinski definition) is 2. The highest BCUT2D eigenvalue weighted by molar-refractivity contribution is 5.64. The first-order valence-electron chi connectivity index (χ1n) is 2.78. The van der Waals surface area contributed by atoms with E-state index in [2.05, 4.69) is 5.10 Å². The Morgan fingerprint density at radius 1 is 1.60 bits per heavy atom. The van der Waals surface area contributed by atoms with Gasteiger partial charge >= 0.3 is 0 Å². The van der Waals surface area contributed by atoms with Gasteiger partial charge in [0, 0.05) is 6.20 Å². The molecule has 0 saturated carbocycles. The van der Waals surface area contributed by atoms with E-state index in [1.807, 2.05) is 0 Å². The fourth-order valence-corrected chi connectivity index (χ4v) is 0.918. The normalized spacial score (nSPS) is 10.8. The van der Waals surface area contributed by atoms with Gasteiger partial charge in [-0.15, -0.1) is 0 Å². The summed E-state index contributed by atoms with van der Waals surface area (Å²) in [4.78, 5) is 0. The summed E-state index contributed by atoms with van der Waals surface area (Å²) in [5.74, 6) is 0. The van der Waals surface area contributed by atoms with E-state index in [4.69, 9.17) is 10.9 Å². The molecule has 0 spiro atoms. The maximum absolute atomic E-state index is 9.03. The third-order valence-corrected chi connectivity index (χ3v) is 1.37. The molecule has 5 nitrogen and oxygen atoms in total. The minimum absolute atomic E-state index is 0.500. The lowest BCUT2D eigenvalue weighted by Gasteiger charge is -1.88. The summed E-state index contributed by atoms with van der Waals surface area (Å²) < 4.78 is 2.38. The summed E-state index contributed by atoms with van der Waals surface area (Å²) >= 11 is 0. The first-order valence-corrected chi connectivity index (χ1v) is 2.78. The van der Waals surface area contributed by atoms with E-state index in [0.29, 0.717) is 11.3 Å². The molecule has 3 N–H and O–H groups in total. The third kappa shape index (κ3) is 0.439. The molecule has 0 amide bonds. The summed E-state index contributed by atoms with van der Waals surface area (Å²) in [5.41, 5.74) is 6.49. The molecule has 0 bridgehead atoms. The number of fused-ring (bicyclic) bond motifs is 1. The number of nitrogens with two attached hydrogens (primary N) is 1. The van der Waals surface area contributed by atoms with Crippen molar-refractivity contribution >= 4 is 11.3 Å². The fraction of sp³-hybridized carbons (Fsp3) is 0. The smallest absolute Gasteiger partial charge is 0.194 e. The Morgan fingerprint density at radius 2 is 2.40 bits per heavy atom. The van der Waals surface area contributed by atoms with E-state index in [-0.39, 0.29) is 0 Å². The van der Waals surface area contributed by atoms with Gasteiger partial charge in [-0.2, -0.15) is 9.83 Å². The molecular weight excluding hydrogens is 132 g/mol. The minimum Gasteiger partial charge on any atom is -0.425 e. The second-order valence-corrected chi connectivity index (χ2v) is 2.01. The molecule has 2 rings (SSSR count). The van der Waals surface area contributed by atoms with Crippen LogP contribution in [-0.4, -0.2) is 19.6 Å². The molecule has 0 fully saturated rings. The van der Waals surface area contributed by atoms with Gasteiger partial charge in [-0.25, -0.2) is 4.52 Å². The number of anilines is 1. The predicted octanol–water partition coefficient (Wildman–Crippen LogP) is -0.0447. The molecule has 0 unspecified atom stereocenters. The van der Waals surface area contributed by atoms with Gasteiger partial charge in [0.2, 0.25) is 0 Å². The summed E-state index contributed by atoms with van der Waals surface area (Å²) in [6.45, 7) is 0. The molecule has 0 aromatic carbocycles. The van der Waals surface area contributed by atoms with E-state index >= 15 is 0 Å². The van der Waals surface area contributed by atoms with Crippen molar-refractivity contribution in [1.29, 1.82) is 0 Å². The van der Waals surface area contributed by atoms with Gasteiger partial charge in [0.15, 0.2) is 12.0 Å². The van der Waals surface area contributed by atoms with Crippen LogP contribution in [0.5, 0.6) is 0 Å². The second kappa shape index (κ2) is 1.44. The Kier molecular flexibility index (Phi) is 0.743. The van der Waals surface area contributed by atoms with Crippen LogP contribution in [0.1, 0.15) is 0 Å². The average molecular weight is 138 g/mol. The van der Waals surface area contributed by atoms with E-state index in [1.165, 1.54) is 10.8 Å². The molecule has 2 aromatic rings. The monoisotopic (exact) mass is 138 g/mol. The maximum atomic E-state index is 9.03. The molecule has 10 heavy (non-hydrogen) atoms. The van der Waals surface area contributed by atoms with E-state index in [9.17, 15) is 0 Å². The number of nitrogens with zero attached hydrogens (tertiary/aromatic N) is 3. The zero-order valence-corrected chi connectivity index (χ0v) is 5.10. The Morgan fingerprint density at radius 3 is 3.10 bits per heavy atom. The summed E-state index contributed by atoms with van der Waals surface area (Å²) in [6, 6.07) is 1.68. The van der Waals surface area contributed by atoms with Gasteiger partial charge in [-0.05, 0) is 6.07 Å². The quantitative estimate of drug-likeness (QED) is 0.502. The number of nitrogen functional groups attached to an aromatic ring is 1. The topological polar surface area (TPSA) is 68.5 Å². The van der Waals surface area contributed by atoms with Crippen LogP contribution >= 0.6 is 0 Å². The Hall–Kier alpha value is -1.65. The summed E-state index contributed by atoms with van der Waals surface area (Å²) in [7, 11) is 0. The van der Waals surface area contributed by atoms with Gasteiger partial charge < -0.3 is 10.9 Å². The molecule has 0 aliphatic rings. The lowest BCUT2D eigenvalue weighted by atomic mass is 10.5. The molecule has 5 heteroatoms. The molecular formula is C5H6N4O. The predicted molar refractivity (Wildman–Crippen MR) is 34.8 cm³/mol. The largest absolute Gasteiger partial charge is 0.425 e. The van der Waals surface area contributed by atoms with Crippen molar-refractivity contribution in [2.75, 3.05) is 5.73 Å². The van der Waals surface area contributed by atoms with Crippen LogP contribution in [0.3, 0.4) is 0 Å². The van der Waals surface area contributed by atoms with Crippen LogP contribution in [0, 0.1) is 0 Å². The van der Waals surface area contributed by atoms with E-state index in [1.54, 1.807) is 12.3 Å². The molecule has 0 saturated heterocycles. The van der Waals surface area contributed by atoms with Crippen molar-refractivity contribution in [3.05, 3.63) is 18.6 Å². The highest BCUT2D eigenvalue weighted by Crippen LogP contribution is 2.11. The number of hydrogen-bond acceptors (Lipinski definition) is 3. The minimum atomic E-state index is 0.500. The second-order valence-electron chi connectivity index (χ2n) is 2.01. The molecule has 52 valence electrons. The van der Waals surface area contributed by atoms with Crippen molar-refractivity contribution in [2.24, 2.45) is 0 Å². The molecule has 0 aliphatic carbocycles. The third-order valence-electron chi connectivity index (χ3n) is 1.37. The molecule has 0 aliphatic heterocycles. The van der Waals surface area contributed by atoms with E-state index in [0.717, 1.165) is 4.73 Å². The van der Waals surface area contributed by atoms with E-state index < -0.39 is 0 Å². The summed E-state index contributed by atoms with van der Waals surface area (Å²) in [5, 5.41) is 12.8. The van der Waals surface area contributed by atoms with Gasteiger partial charge in [-0.3, -0.25) is 0 Å². The molecule has 0 radical (unpaired) electrons. The van der Waals surface area contributed by atoms with Gasteiger partial charge in [0.05, 0.1) is 5.69 Å². The van der Waals surface area contributed by atoms with Gasteiger partial charge in [0.25, 0.3) is 0 Å². The highest BCUT2D eigenvalue weighted by atomic mass is 16.5. The van der Waals surface area contributed by atoms with Crippen molar-refractivity contribution < 1.29 is 5.21 Å². The van der Waals surface area contributed by atoms with Crippen molar-refractivity contribution in [3.63, 3.8) is 0 Å². The molecule has 2 aromatic heterocycles. The summed E-state index contributed by atoms with van der Waals surface area (Å²) in [6.07, 6.45) is 2.96. The van der Waals surface area contributed by atoms with Crippen molar-refractivity contribution in [2.45, 2.75) is 0 Å². The van der Waals surface area contributed by atoms with Crippen LogP contribution in [0.25, 0.3) is 5.65 Å². The molecule has 2 heterocycles. The van der Waals surface area contributed by atoms with Gasteiger partial charge in [0.1, 0.15) is 0 Å². The first-order chi connectivity index (χ1) is 4.79. The maximum Gasteiger partial charge on any atom is 0.194 e. The number of aromatic nitrogens is 3. The SMILES string of the molecule is Nc1ccn2ncn(O)c12. The zero-order chi connectivity index (χ0) is 7.14. The van der Waals surface area contributed by atoms with Gasteiger partial charge in [-0.1, -0.05) is 0 Å². The lowest BCUT2D eigenvalue weighted by Crippen LogP contribution is -1.91. The highest BCUT2D eigenvalue weighted by Gasteiger charge is 2.03. The fourth-order valence-electron chi connectivity index (χ4n) is 0.918. The van der Waals surface area contributed by atoms with Crippen LogP contribution in [-0.2, 0) is 0 Å². The van der Waals surface area contributed by atoms with Crippen LogP contribution < -0.4 is 5.73 Å². The van der Waals surface area contributed by atoms with Crippen molar-refractivity contribution in [3.8, 4) is 0 Å². The Labute approximate surface area is 56.2 Å². The van der Waals surface area contributed by atoms with Crippen LogP contribution in [0.15, 0.2) is 18.6 Å². The average Bonchev–Trinajstić information content (AvgIpc) is 2.40. The molecule has 0 atom stereocenters. The Balaban J connectivity index is 2.98. The van der Waals surface area contributed by atoms with Crippen LogP contribution in [0.4, 0.5) is 5.69 Å². The zero-order valence-electron chi connectivity index (χ0n) is 5.10. The number of rotatable bonds is 0. The first kappa shape index (κ1) is 5.16. The standard InChI is InChI=1S/C5H6N4O/c6-4-1-2-8-5(4)9(10)3-7-8/h1-3,10H,6H2. The van der Waals surface area contributed by atoms with Crippen LogP contribution in [0.2, 0.25) is 0 Å². The Bertz CT molecular complexity index is 329.